The number of thiophene rings is 1. The van der Waals surface area contributed by atoms with Gasteiger partial charge in [0.1, 0.15) is 0 Å². The number of nitrogens with one attached hydrogen (secondary N) is 3. The molecule has 4 nitrogen and oxygen atoms in total. The van der Waals surface area contributed by atoms with Gasteiger partial charge in [-0.25, -0.2) is 4.79 Å². The van der Waals surface area contributed by atoms with E-state index in [0.717, 1.165) is 24.3 Å². The van der Waals surface area contributed by atoms with Crippen LogP contribution in [0.1, 0.15) is 23.2 Å². The summed E-state index contributed by atoms with van der Waals surface area (Å²) in [6.07, 6.45) is 2.84. The summed E-state index contributed by atoms with van der Waals surface area (Å²) in [5.41, 5.74) is 5.16. The summed E-state index contributed by atoms with van der Waals surface area (Å²) in [4.78, 5) is 15.6. The third kappa shape index (κ3) is 2.84. The number of amides is 2. The number of urea groups is 1. The standard InChI is InChI=1S/C18H19N3OS/c1-11-4-7-15-14(9-11)13-6-5-12(10-16(13)20-15)19-18(22)21-17-3-2-8-23-17/h2-4,7-9,12,20H,5-6,10H2,1H3,(H2,19,21,22). The smallest absolute Gasteiger partial charge is 0.320 e. The van der Waals surface area contributed by atoms with E-state index in [9.17, 15) is 4.79 Å². The SMILES string of the molecule is Cc1ccc2[nH]c3c(c2c1)CCC(NC(=O)Nc1cccs1)C3. The fourth-order valence-corrected chi connectivity index (χ4v) is 3.96. The molecule has 2 heterocycles. The van der Waals surface area contributed by atoms with E-state index in [4.69, 9.17) is 0 Å². The highest BCUT2D eigenvalue weighted by Crippen LogP contribution is 2.30. The Morgan fingerprint density at radius 2 is 2.26 bits per heavy atom. The molecule has 0 fully saturated rings. The molecule has 2 amide bonds. The molecule has 0 spiro atoms. The molecule has 0 aliphatic heterocycles. The number of aromatic amines is 1. The third-order valence-corrected chi connectivity index (χ3v) is 5.22. The van der Waals surface area contributed by atoms with Crippen molar-refractivity contribution in [3.05, 3.63) is 52.5 Å². The molecule has 0 saturated carbocycles. The van der Waals surface area contributed by atoms with Crippen LogP contribution in [-0.4, -0.2) is 17.1 Å². The topological polar surface area (TPSA) is 56.9 Å². The second-order valence-corrected chi connectivity index (χ2v) is 7.09. The highest BCUT2D eigenvalue weighted by Gasteiger charge is 2.23. The summed E-state index contributed by atoms with van der Waals surface area (Å²) in [7, 11) is 0. The van der Waals surface area contributed by atoms with Crippen molar-refractivity contribution in [1.82, 2.24) is 10.3 Å². The minimum Gasteiger partial charge on any atom is -0.358 e. The lowest BCUT2D eigenvalue weighted by molar-refractivity contribution is 0.247. The number of carbonyl (C=O) groups is 1. The first kappa shape index (κ1) is 14.3. The maximum absolute atomic E-state index is 12.1. The molecule has 23 heavy (non-hydrogen) atoms. The molecule has 3 N–H and O–H groups in total. The Kier molecular flexibility index (Phi) is 3.58. The van der Waals surface area contributed by atoms with E-state index in [-0.39, 0.29) is 12.1 Å². The number of hydrogen-bond acceptors (Lipinski definition) is 2. The molecule has 3 aromatic rings. The van der Waals surface area contributed by atoms with Crippen molar-refractivity contribution in [1.29, 1.82) is 0 Å². The first-order valence-corrected chi connectivity index (χ1v) is 8.78. The van der Waals surface area contributed by atoms with Gasteiger partial charge < -0.3 is 10.3 Å². The van der Waals surface area contributed by atoms with Crippen molar-refractivity contribution in [2.24, 2.45) is 0 Å². The van der Waals surface area contributed by atoms with Crippen LogP contribution in [0.3, 0.4) is 0 Å². The van der Waals surface area contributed by atoms with Gasteiger partial charge in [0.05, 0.1) is 5.00 Å². The Bertz CT molecular complexity index is 851. The van der Waals surface area contributed by atoms with Crippen LogP contribution in [0.25, 0.3) is 10.9 Å². The lowest BCUT2D eigenvalue weighted by atomic mass is 9.91. The fourth-order valence-electron chi connectivity index (χ4n) is 3.35. The van der Waals surface area contributed by atoms with E-state index >= 15 is 0 Å². The van der Waals surface area contributed by atoms with Crippen molar-refractivity contribution < 1.29 is 4.79 Å². The molecule has 0 saturated heterocycles. The van der Waals surface area contributed by atoms with Crippen LogP contribution in [0.4, 0.5) is 9.80 Å². The number of H-pyrrole nitrogens is 1. The molecule has 1 aliphatic rings. The monoisotopic (exact) mass is 325 g/mol. The first-order chi connectivity index (χ1) is 11.2. The molecular weight excluding hydrogens is 306 g/mol. The highest BCUT2D eigenvalue weighted by atomic mass is 32.1. The van der Waals surface area contributed by atoms with Crippen molar-refractivity contribution in [2.75, 3.05) is 5.32 Å². The van der Waals surface area contributed by atoms with E-state index in [2.05, 4.69) is 40.7 Å². The van der Waals surface area contributed by atoms with Gasteiger partial charge in [-0.05, 0) is 55.0 Å². The largest absolute Gasteiger partial charge is 0.358 e. The van der Waals surface area contributed by atoms with E-state index in [1.165, 1.54) is 39.1 Å². The lowest BCUT2D eigenvalue weighted by Crippen LogP contribution is -2.41. The van der Waals surface area contributed by atoms with Crippen molar-refractivity contribution in [2.45, 2.75) is 32.2 Å². The molecule has 4 rings (SSSR count). The van der Waals surface area contributed by atoms with Gasteiger partial charge in [0.25, 0.3) is 0 Å². The zero-order chi connectivity index (χ0) is 15.8. The summed E-state index contributed by atoms with van der Waals surface area (Å²) in [5.74, 6) is 0. The minimum absolute atomic E-state index is 0.118. The molecule has 1 atom stereocenters. The number of fused-ring (bicyclic) bond motifs is 3. The normalized spacial score (nSPS) is 17.0. The third-order valence-electron chi connectivity index (χ3n) is 4.44. The van der Waals surface area contributed by atoms with Crippen LogP contribution >= 0.6 is 11.3 Å². The number of rotatable bonds is 2. The van der Waals surface area contributed by atoms with Crippen LogP contribution in [0.15, 0.2) is 35.7 Å². The maximum atomic E-state index is 12.1. The quantitative estimate of drug-likeness (QED) is 0.649. The Morgan fingerprint density at radius 1 is 1.35 bits per heavy atom. The number of anilines is 1. The lowest BCUT2D eigenvalue weighted by Gasteiger charge is -2.23. The van der Waals surface area contributed by atoms with Crippen LogP contribution in [-0.2, 0) is 12.8 Å². The summed E-state index contributed by atoms with van der Waals surface area (Å²) < 4.78 is 0. The molecule has 1 aromatic carbocycles. The second kappa shape index (κ2) is 5.74. The highest BCUT2D eigenvalue weighted by molar-refractivity contribution is 7.14. The number of aryl methyl sites for hydroxylation is 2. The van der Waals surface area contributed by atoms with Crippen LogP contribution in [0.5, 0.6) is 0 Å². The molecule has 2 aromatic heterocycles. The number of hydrogen-bond donors (Lipinski definition) is 3. The van der Waals surface area contributed by atoms with Gasteiger partial charge >= 0.3 is 6.03 Å². The summed E-state index contributed by atoms with van der Waals surface area (Å²) in [5, 5.41) is 10.1. The molecule has 0 bridgehead atoms. The van der Waals surface area contributed by atoms with Gasteiger partial charge in [-0.15, -0.1) is 11.3 Å². The van der Waals surface area contributed by atoms with Gasteiger partial charge in [0.15, 0.2) is 0 Å². The van der Waals surface area contributed by atoms with Crippen molar-refractivity contribution in [3.8, 4) is 0 Å². The zero-order valence-corrected chi connectivity index (χ0v) is 13.8. The van der Waals surface area contributed by atoms with Crippen LogP contribution < -0.4 is 10.6 Å². The molecular formula is C18H19N3OS. The van der Waals surface area contributed by atoms with E-state index in [1.54, 1.807) is 0 Å². The molecule has 1 aliphatic carbocycles. The summed E-state index contributed by atoms with van der Waals surface area (Å²) >= 11 is 1.53. The predicted octanol–water partition coefficient (Wildman–Crippen LogP) is 4.22. The zero-order valence-electron chi connectivity index (χ0n) is 13.0. The number of aromatic nitrogens is 1. The van der Waals surface area contributed by atoms with Gasteiger partial charge in [0, 0.05) is 29.1 Å². The minimum atomic E-state index is -0.118. The van der Waals surface area contributed by atoms with Crippen molar-refractivity contribution >= 4 is 33.3 Å². The first-order valence-electron chi connectivity index (χ1n) is 7.90. The van der Waals surface area contributed by atoms with E-state index in [1.807, 2.05) is 17.5 Å². The van der Waals surface area contributed by atoms with E-state index in [0.29, 0.717) is 0 Å². The van der Waals surface area contributed by atoms with Gasteiger partial charge in [-0.2, -0.15) is 0 Å². The Balaban J connectivity index is 1.48. The fraction of sp³-hybridized carbons (Fsp3) is 0.278. The average Bonchev–Trinajstić information content (AvgIpc) is 3.14. The molecule has 5 heteroatoms. The van der Waals surface area contributed by atoms with Gasteiger partial charge in [0.2, 0.25) is 0 Å². The Labute approximate surface area is 138 Å². The predicted molar refractivity (Wildman–Crippen MR) is 95.3 cm³/mol. The maximum Gasteiger partial charge on any atom is 0.320 e. The van der Waals surface area contributed by atoms with Crippen molar-refractivity contribution in [3.63, 3.8) is 0 Å². The van der Waals surface area contributed by atoms with Gasteiger partial charge in [-0.1, -0.05) is 11.6 Å². The van der Waals surface area contributed by atoms with E-state index < -0.39 is 0 Å². The Hall–Kier alpha value is -2.27. The Morgan fingerprint density at radius 3 is 3.09 bits per heavy atom. The number of benzene rings is 1. The second-order valence-electron chi connectivity index (χ2n) is 6.15. The molecule has 1 unspecified atom stereocenters. The summed E-state index contributed by atoms with van der Waals surface area (Å²) in [6, 6.07) is 10.4. The van der Waals surface area contributed by atoms with Crippen LogP contribution in [0.2, 0.25) is 0 Å². The number of carbonyl (C=O) groups excluding carboxylic acids is 1. The average molecular weight is 325 g/mol. The molecule has 118 valence electrons. The van der Waals surface area contributed by atoms with Gasteiger partial charge in [-0.3, -0.25) is 5.32 Å². The van der Waals surface area contributed by atoms with Crippen LogP contribution in [0, 0.1) is 6.92 Å². The summed E-state index contributed by atoms with van der Waals surface area (Å²) in [6.45, 7) is 2.13. The molecule has 0 radical (unpaired) electrons.